The average molecular weight is 294 g/mol. The minimum atomic E-state index is -0.0284. The van der Waals surface area contributed by atoms with E-state index in [1.807, 2.05) is 6.92 Å². The van der Waals surface area contributed by atoms with Crippen LogP contribution in [0, 0.1) is 0 Å². The molecule has 1 amide bonds. The van der Waals surface area contributed by atoms with Gasteiger partial charge in [0.15, 0.2) is 11.5 Å². The molecule has 2 N–H and O–H groups in total. The zero-order valence-electron chi connectivity index (χ0n) is 13.6. The molecule has 0 aliphatic rings. The van der Waals surface area contributed by atoms with Crippen molar-refractivity contribution in [3.05, 3.63) is 18.2 Å². The van der Waals surface area contributed by atoms with E-state index in [9.17, 15) is 4.79 Å². The summed E-state index contributed by atoms with van der Waals surface area (Å²) in [5.41, 5.74) is 0.725. The highest BCUT2D eigenvalue weighted by Gasteiger charge is 2.11. The van der Waals surface area contributed by atoms with Gasteiger partial charge in [-0.25, -0.2) is 0 Å². The lowest BCUT2D eigenvalue weighted by Crippen LogP contribution is -2.37. The van der Waals surface area contributed by atoms with Crippen molar-refractivity contribution in [3.63, 3.8) is 0 Å². The van der Waals surface area contributed by atoms with E-state index in [1.54, 1.807) is 25.3 Å². The molecule has 0 bridgehead atoms. The van der Waals surface area contributed by atoms with Crippen molar-refractivity contribution in [2.45, 2.75) is 39.7 Å². The Bertz CT molecular complexity index is 467. The first kappa shape index (κ1) is 17.3. The smallest absolute Gasteiger partial charge is 0.225 e. The molecule has 0 saturated carbocycles. The third-order valence-electron chi connectivity index (χ3n) is 2.75. The quantitative estimate of drug-likeness (QED) is 0.812. The maximum Gasteiger partial charge on any atom is 0.225 e. The van der Waals surface area contributed by atoms with Crippen LogP contribution < -0.4 is 20.1 Å². The van der Waals surface area contributed by atoms with Crippen molar-refractivity contribution in [3.8, 4) is 11.5 Å². The fourth-order valence-corrected chi connectivity index (χ4v) is 1.80. The zero-order chi connectivity index (χ0) is 15.9. The maximum atomic E-state index is 11.9. The monoisotopic (exact) mass is 294 g/mol. The van der Waals surface area contributed by atoms with Crippen LogP contribution in [0.3, 0.4) is 0 Å². The first-order chi connectivity index (χ1) is 9.85. The third-order valence-corrected chi connectivity index (χ3v) is 2.75. The van der Waals surface area contributed by atoms with Gasteiger partial charge in [-0.1, -0.05) is 0 Å². The topological polar surface area (TPSA) is 59.6 Å². The Labute approximate surface area is 127 Å². The normalized spacial score (nSPS) is 11.1. The molecule has 118 valence electrons. The summed E-state index contributed by atoms with van der Waals surface area (Å²) in [5.74, 6) is 1.26. The number of benzene rings is 1. The van der Waals surface area contributed by atoms with Crippen LogP contribution in [-0.2, 0) is 4.79 Å². The maximum absolute atomic E-state index is 11.9. The van der Waals surface area contributed by atoms with Crippen molar-refractivity contribution >= 4 is 11.6 Å². The summed E-state index contributed by atoms with van der Waals surface area (Å²) >= 11 is 0. The molecule has 0 radical (unpaired) electrons. The van der Waals surface area contributed by atoms with E-state index in [4.69, 9.17) is 9.47 Å². The standard InChI is InChI=1S/C16H26N2O3/c1-6-21-14-11-12(7-8-13(14)20-5)18-15(19)9-10-17-16(2,3)4/h7-8,11,17H,6,9-10H2,1-5H3,(H,18,19). The second-order valence-electron chi connectivity index (χ2n) is 5.77. The van der Waals surface area contributed by atoms with Gasteiger partial charge < -0.3 is 20.1 Å². The van der Waals surface area contributed by atoms with Gasteiger partial charge in [0.05, 0.1) is 13.7 Å². The number of methoxy groups -OCH3 is 1. The average Bonchev–Trinajstić information content (AvgIpc) is 2.38. The van der Waals surface area contributed by atoms with Crippen LogP contribution in [0.2, 0.25) is 0 Å². The molecular weight excluding hydrogens is 268 g/mol. The van der Waals surface area contributed by atoms with Crippen molar-refractivity contribution in [1.82, 2.24) is 5.32 Å². The highest BCUT2D eigenvalue weighted by Crippen LogP contribution is 2.30. The van der Waals surface area contributed by atoms with E-state index in [0.717, 1.165) is 0 Å². The molecule has 0 spiro atoms. The van der Waals surface area contributed by atoms with Gasteiger partial charge in [0, 0.05) is 30.3 Å². The van der Waals surface area contributed by atoms with Crippen LogP contribution in [0.5, 0.6) is 11.5 Å². The molecule has 0 aliphatic carbocycles. The molecule has 0 saturated heterocycles. The Morgan fingerprint density at radius 2 is 1.95 bits per heavy atom. The lowest BCUT2D eigenvalue weighted by atomic mass is 10.1. The van der Waals surface area contributed by atoms with Crippen LogP contribution in [0.15, 0.2) is 18.2 Å². The number of hydrogen-bond donors (Lipinski definition) is 2. The van der Waals surface area contributed by atoms with Gasteiger partial charge in [-0.15, -0.1) is 0 Å². The van der Waals surface area contributed by atoms with E-state index in [1.165, 1.54) is 0 Å². The number of rotatable bonds is 7. The van der Waals surface area contributed by atoms with Gasteiger partial charge in [-0.3, -0.25) is 4.79 Å². The van der Waals surface area contributed by atoms with Gasteiger partial charge in [0.1, 0.15) is 0 Å². The van der Waals surface area contributed by atoms with Gasteiger partial charge in [-0.2, -0.15) is 0 Å². The highest BCUT2D eigenvalue weighted by atomic mass is 16.5. The molecule has 0 aromatic heterocycles. The number of carbonyl (C=O) groups is 1. The molecule has 1 rings (SSSR count). The molecule has 0 fully saturated rings. The molecule has 0 atom stereocenters. The third kappa shape index (κ3) is 6.49. The molecule has 5 heteroatoms. The summed E-state index contributed by atoms with van der Waals surface area (Å²) < 4.78 is 10.7. The lowest BCUT2D eigenvalue weighted by Gasteiger charge is -2.20. The van der Waals surface area contributed by atoms with E-state index in [0.29, 0.717) is 36.8 Å². The molecule has 0 unspecified atom stereocenters. The predicted molar refractivity (Wildman–Crippen MR) is 85.2 cm³/mol. The van der Waals surface area contributed by atoms with Crippen LogP contribution >= 0.6 is 0 Å². The Kier molecular flexibility index (Phi) is 6.49. The molecule has 0 aliphatic heterocycles. The van der Waals surface area contributed by atoms with Gasteiger partial charge >= 0.3 is 0 Å². The van der Waals surface area contributed by atoms with E-state index in [2.05, 4.69) is 31.4 Å². The summed E-state index contributed by atoms with van der Waals surface area (Å²) in [7, 11) is 1.59. The predicted octanol–water partition coefficient (Wildman–Crippen LogP) is 2.81. The van der Waals surface area contributed by atoms with Crippen molar-refractivity contribution < 1.29 is 14.3 Å². The number of carbonyl (C=O) groups excluding carboxylic acids is 1. The highest BCUT2D eigenvalue weighted by molar-refractivity contribution is 5.91. The summed E-state index contributed by atoms with van der Waals surface area (Å²) in [4.78, 5) is 11.9. The molecule has 21 heavy (non-hydrogen) atoms. The molecule has 1 aromatic rings. The first-order valence-corrected chi connectivity index (χ1v) is 7.21. The molecule has 5 nitrogen and oxygen atoms in total. The second kappa shape index (κ2) is 7.88. The molecular formula is C16H26N2O3. The van der Waals surface area contributed by atoms with Crippen LogP contribution in [-0.4, -0.2) is 31.7 Å². The number of hydrogen-bond acceptors (Lipinski definition) is 4. The van der Waals surface area contributed by atoms with Crippen LogP contribution in [0.4, 0.5) is 5.69 Å². The summed E-state index contributed by atoms with van der Waals surface area (Å²) in [6.07, 6.45) is 0.424. The SMILES string of the molecule is CCOc1cc(NC(=O)CCNC(C)(C)C)ccc1OC. The van der Waals surface area contributed by atoms with E-state index < -0.39 is 0 Å². The molecule has 0 heterocycles. The van der Waals surface area contributed by atoms with Crippen LogP contribution in [0.1, 0.15) is 34.1 Å². The largest absolute Gasteiger partial charge is 0.493 e. The van der Waals surface area contributed by atoms with Crippen molar-refractivity contribution in [2.24, 2.45) is 0 Å². The number of nitrogens with one attached hydrogen (secondary N) is 2. The number of ether oxygens (including phenoxy) is 2. The minimum absolute atomic E-state index is 0.0164. The Hall–Kier alpha value is -1.75. The fraction of sp³-hybridized carbons (Fsp3) is 0.562. The van der Waals surface area contributed by atoms with E-state index in [-0.39, 0.29) is 11.4 Å². The summed E-state index contributed by atoms with van der Waals surface area (Å²) in [6, 6.07) is 5.36. The number of anilines is 1. The number of amides is 1. The van der Waals surface area contributed by atoms with Crippen molar-refractivity contribution in [1.29, 1.82) is 0 Å². The second-order valence-corrected chi connectivity index (χ2v) is 5.77. The zero-order valence-corrected chi connectivity index (χ0v) is 13.6. The summed E-state index contributed by atoms with van der Waals surface area (Å²) in [6.45, 7) is 9.31. The lowest BCUT2D eigenvalue weighted by molar-refractivity contribution is -0.116. The van der Waals surface area contributed by atoms with Gasteiger partial charge in [0.2, 0.25) is 5.91 Å². The minimum Gasteiger partial charge on any atom is -0.493 e. The first-order valence-electron chi connectivity index (χ1n) is 7.21. The van der Waals surface area contributed by atoms with Gasteiger partial charge in [0.25, 0.3) is 0 Å². The fourth-order valence-electron chi connectivity index (χ4n) is 1.80. The van der Waals surface area contributed by atoms with Crippen molar-refractivity contribution in [2.75, 3.05) is 25.6 Å². The Morgan fingerprint density at radius 1 is 1.24 bits per heavy atom. The van der Waals surface area contributed by atoms with E-state index >= 15 is 0 Å². The summed E-state index contributed by atoms with van der Waals surface area (Å²) in [5, 5.41) is 6.15. The van der Waals surface area contributed by atoms with Gasteiger partial charge in [-0.05, 0) is 39.8 Å². The van der Waals surface area contributed by atoms with Crippen LogP contribution in [0.25, 0.3) is 0 Å². The Balaban J connectivity index is 2.57. The molecule has 1 aromatic carbocycles. The Morgan fingerprint density at radius 3 is 2.52 bits per heavy atom.